The van der Waals surface area contributed by atoms with Gasteiger partial charge in [-0.1, -0.05) is 53.4 Å². The average Bonchev–Trinajstić information content (AvgIpc) is 2.19. The fourth-order valence-corrected chi connectivity index (χ4v) is 1.21. The van der Waals surface area contributed by atoms with Crippen LogP contribution in [-0.4, -0.2) is 22.3 Å². The molecule has 15 heavy (non-hydrogen) atoms. The van der Waals surface area contributed by atoms with Crippen molar-refractivity contribution in [1.29, 1.82) is 0 Å². The van der Waals surface area contributed by atoms with Crippen LogP contribution in [0.4, 0.5) is 0 Å². The quantitative estimate of drug-likeness (QED) is 0.720. The van der Waals surface area contributed by atoms with E-state index in [1.807, 2.05) is 6.92 Å². The molecule has 3 nitrogen and oxygen atoms in total. The van der Waals surface area contributed by atoms with Crippen LogP contribution in [0, 0.1) is 5.92 Å². The van der Waals surface area contributed by atoms with E-state index in [9.17, 15) is 4.79 Å². The number of carboxylic acid groups (broad SMARTS) is 1. The largest absolute Gasteiger partial charge is 0.479 e. The molecule has 0 bridgehead atoms. The molecule has 3 heteroatoms. The van der Waals surface area contributed by atoms with Gasteiger partial charge >= 0.3 is 5.97 Å². The number of aliphatic carboxylic acids is 1. The van der Waals surface area contributed by atoms with Crippen molar-refractivity contribution < 1.29 is 15.0 Å². The number of carboxylic acids is 1. The van der Waals surface area contributed by atoms with Crippen molar-refractivity contribution in [3.05, 3.63) is 0 Å². The molecule has 0 aliphatic carbocycles. The molecule has 92 valence electrons. The zero-order valence-electron chi connectivity index (χ0n) is 10.5. The summed E-state index contributed by atoms with van der Waals surface area (Å²) in [7, 11) is 0. The molecule has 0 saturated carbocycles. The van der Waals surface area contributed by atoms with Crippen molar-refractivity contribution in [2.24, 2.45) is 5.92 Å². The Hall–Kier alpha value is -0.570. The van der Waals surface area contributed by atoms with E-state index in [2.05, 4.69) is 13.8 Å². The standard InChI is InChI=1S/C7H14O3.C5H12/c1-3-4-5(2)6(8)7(9)10;1-3-5-4-2/h5-6,8H,3-4H2,1-2H3,(H,9,10);3-5H2,1-2H3. The summed E-state index contributed by atoms with van der Waals surface area (Å²) in [6.07, 6.45) is 4.55. The molecule has 2 N–H and O–H groups in total. The van der Waals surface area contributed by atoms with Crippen LogP contribution in [0.2, 0.25) is 0 Å². The van der Waals surface area contributed by atoms with E-state index in [1.54, 1.807) is 6.92 Å². The Balaban J connectivity index is 0. The molecular formula is C12H26O3. The number of rotatable bonds is 6. The minimum absolute atomic E-state index is 0.137. The Morgan fingerprint density at radius 3 is 1.80 bits per heavy atom. The highest BCUT2D eigenvalue weighted by molar-refractivity contribution is 5.72. The maximum atomic E-state index is 10.2. The molecule has 0 radical (unpaired) electrons. The van der Waals surface area contributed by atoms with Gasteiger partial charge in [0.25, 0.3) is 0 Å². The number of unbranched alkanes of at least 4 members (excludes halogenated alkanes) is 2. The van der Waals surface area contributed by atoms with Crippen molar-refractivity contribution >= 4 is 5.97 Å². The number of carbonyl (C=O) groups is 1. The molecule has 0 rings (SSSR count). The number of aliphatic hydroxyl groups is 1. The van der Waals surface area contributed by atoms with E-state index in [-0.39, 0.29) is 5.92 Å². The Kier molecular flexibility index (Phi) is 12.9. The second-order valence-electron chi connectivity index (χ2n) is 3.90. The lowest BCUT2D eigenvalue weighted by Crippen LogP contribution is -2.27. The van der Waals surface area contributed by atoms with Gasteiger partial charge in [0.1, 0.15) is 0 Å². The van der Waals surface area contributed by atoms with Gasteiger partial charge in [-0.05, 0) is 12.3 Å². The molecule has 0 saturated heterocycles. The monoisotopic (exact) mass is 218 g/mol. The van der Waals surface area contributed by atoms with Gasteiger partial charge in [0.05, 0.1) is 0 Å². The van der Waals surface area contributed by atoms with Gasteiger partial charge in [-0.3, -0.25) is 0 Å². The molecule has 2 unspecified atom stereocenters. The van der Waals surface area contributed by atoms with E-state index < -0.39 is 12.1 Å². The third kappa shape index (κ3) is 11.4. The number of aliphatic hydroxyl groups excluding tert-OH is 1. The SMILES string of the molecule is CCCC(C)C(O)C(=O)O.CCCCC. The first-order chi connectivity index (χ1) is 7.01. The summed E-state index contributed by atoms with van der Waals surface area (Å²) in [5.41, 5.74) is 0. The molecule has 0 aromatic rings. The summed E-state index contributed by atoms with van der Waals surface area (Å²) >= 11 is 0. The lowest BCUT2D eigenvalue weighted by molar-refractivity contribution is -0.149. The van der Waals surface area contributed by atoms with Crippen LogP contribution in [0.25, 0.3) is 0 Å². The first kappa shape index (κ1) is 16.8. The van der Waals surface area contributed by atoms with Crippen molar-refractivity contribution in [3.8, 4) is 0 Å². The van der Waals surface area contributed by atoms with E-state index in [0.717, 1.165) is 12.8 Å². The zero-order valence-corrected chi connectivity index (χ0v) is 10.5. The van der Waals surface area contributed by atoms with Gasteiger partial charge in [0, 0.05) is 0 Å². The van der Waals surface area contributed by atoms with Gasteiger partial charge in [0.2, 0.25) is 0 Å². The fourth-order valence-electron chi connectivity index (χ4n) is 1.21. The predicted molar refractivity (Wildman–Crippen MR) is 62.9 cm³/mol. The van der Waals surface area contributed by atoms with E-state index >= 15 is 0 Å². The average molecular weight is 218 g/mol. The molecular weight excluding hydrogens is 192 g/mol. The highest BCUT2D eigenvalue weighted by Crippen LogP contribution is 2.09. The summed E-state index contributed by atoms with van der Waals surface area (Å²) in [5, 5.41) is 17.3. The normalized spacial score (nSPS) is 13.7. The van der Waals surface area contributed by atoms with Crippen LogP contribution < -0.4 is 0 Å². The summed E-state index contributed by atoms with van der Waals surface area (Å²) in [5.74, 6) is -1.26. The van der Waals surface area contributed by atoms with Crippen LogP contribution in [0.3, 0.4) is 0 Å². The van der Waals surface area contributed by atoms with E-state index in [4.69, 9.17) is 10.2 Å². The smallest absolute Gasteiger partial charge is 0.332 e. The predicted octanol–water partition coefficient (Wildman–Crippen LogP) is 3.06. The van der Waals surface area contributed by atoms with Crippen LogP contribution in [0.15, 0.2) is 0 Å². The second-order valence-corrected chi connectivity index (χ2v) is 3.90. The van der Waals surface area contributed by atoms with Gasteiger partial charge in [-0.25, -0.2) is 4.79 Å². The van der Waals surface area contributed by atoms with Crippen molar-refractivity contribution in [1.82, 2.24) is 0 Å². The molecule has 0 amide bonds. The van der Waals surface area contributed by atoms with E-state index in [1.165, 1.54) is 19.3 Å². The Morgan fingerprint density at radius 1 is 1.13 bits per heavy atom. The first-order valence-electron chi connectivity index (χ1n) is 5.91. The van der Waals surface area contributed by atoms with Crippen LogP contribution in [0.5, 0.6) is 0 Å². The Labute approximate surface area is 93.5 Å². The summed E-state index contributed by atoms with van der Waals surface area (Å²) in [4.78, 5) is 10.2. The Bertz CT molecular complexity index is 144. The maximum Gasteiger partial charge on any atom is 0.332 e. The Morgan fingerprint density at radius 2 is 1.60 bits per heavy atom. The second kappa shape index (κ2) is 11.5. The molecule has 2 atom stereocenters. The minimum Gasteiger partial charge on any atom is -0.479 e. The molecule has 0 spiro atoms. The summed E-state index contributed by atoms with van der Waals surface area (Å²) in [6, 6.07) is 0. The molecule has 0 aromatic carbocycles. The van der Waals surface area contributed by atoms with Crippen molar-refractivity contribution in [3.63, 3.8) is 0 Å². The van der Waals surface area contributed by atoms with Crippen molar-refractivity contribution in [2.75, 3.05) is 0 Å². The maximum absolute atomic E-state index is 10.2. The molecule has 0 heterocycles. The summed E-state index contributed by atoms with van der Waals surface area (Å²) in [6.45, 7) is 8.13. The van der Waals surface area contributed by atoms with Crippen LogP contribution in [-0.2, 0) is 4.79 Å². The number of hydrogen-bond donors (Lipinski definition) is 2. The fraction of sp³-hybridized carbons (Fsp3) is 0.917. The third-order valence-corrected chi connectivity index (χ3v) is 2.24. The molecule has 0 aliphatic rings. The first-order valence-corrected chi connectivity index (χ1v) is 5.91. The van der Waals surface area contributed by atoms with Gasteiger partial charge in [-0.15, -0.1) is 0 Å². The minimum atomic E-state index is -1.19. The topological polar surface area (TPSA) is 57.5 Å². The molecule has 0 fully saturated rings. The lowest BCUT2D eigenvalue weighted by Gasteiger charge is -2.12. The van der Waals surface area contributed by atoms with Crippen LogP contribution in [0.1, 0.15) is 59.8 Å². The van der Waals surface area contributed by atoms with Gasteiger partial charge in [-0.2, -0.15) is 0 Å². The van der Waals surface area contributed by atoms with E-state index in [0.29, 0.717) is 0 Å². The van der Waals surface area contributed by atoms with Crippen molar-refractivity contribution in [2.45, 2.75) is 65.9 Å². The van der Waals surface area contributed by atoms with Gasteiger partial charge < -0.3 is 10.2 Å². The van der Waals surface area contributed by atoms with Gasteiger partial charge in [0.15, 0.2) is 6.10 Å². The highest BCUT2D eigenvalue weighted by Gasteiger charge is 2.19. The zero-order chi connectivity index (χ0) is 12.3. The molecule has 0 aliphatic heterocycles. The lowest BCUT2D eigenvalue weighted by atomic mass is 10.00. The van der Waals surface area contributed by atoms with Crippen LogP contribution >= 0.6 is 0 Å². The molecule has 0 aromatic heterocycles. The highest BCUT2D eigenvalue weighted by atomic mass is 16.4. The summed E-state index contributed by atoms with van der Waals surface area (Å²) < 4.78 is 0. The number of hydrogen-bond acceptors (Lipinski definition) is 2. The third-order valence-electron chi connectivity index (χ3n) is 2.24.